The molecule has 6 atom stereocenters. The van der Waals surface area contributed by atoms with Gasteiger partial charge in [0.2, 0.25) is 11.8 Å². The molecule has 0 saturated carbocycles. The van der Waals surface area contributed by atoms with Gasteiger partial charge in [-0.15, -0.1) is 0 Å². The maximum atomic E-state index is 11.8. The zero-order valence-electron chi connectivity index (χ0n) is 14.8. The van der Waals surface area contributed by atoms with Crippen LogP contribution < -0.4 is 0 Å². The molecule has 0 radical (unpaired) electrons. The smallest absolute Gasteiger partial charge is 0.338 e. The van der Waals surface area contributed by atoms with Crippen molar-refractivity contribution in [2.24, 2.45) is 0 Å². The fourth-order valence-corrected chi connectivity index (χ4v) is 3.46. The Labute approximate surface area is 158 Å². The Kier molecular flexibility index (Phi) is 4.95. The molecule has 0 aromatic heterocycles. The van der Waals surface area contributed by atoms with Crippen LogP contribution in [-0.2, 0) is 38.1 Å². The van der Waals surface area contributed by atoms with E-state index in [2.05, 4.69) is 0 Å². The minimum Gasteiger partial charge on any atom is -0.461 e. The van der Waals surface area contributed by atoms with E-state index in [0.717, 1.165) is 0 Å². The van der Waals surface area contributed by atoms with Crippen molar-refractivity contribution in [2.45, 2.75) is 49.7 Å². The van der Waals surface area contributed by atoms with E-state index in [9.17, 15) is 29.4 Å². The zero-order valence-corrected chi connectivity index (χ0v) is 14.8. The number of hydrogen-bond donors (Lipinski definition) is 2. The van der Waals surface area contributed by atoms with E-state index < -0.39 is 36.4 Å². The first kappa shape index (κ1) is 19.1. The highest BCUT2D eigenvalue weighted by atomic mass is 16.6. The predicted molar refractivity (Wildman–Crippen MR) is 83.9 cm³/mol. The number of hydrogen-bond acceptors (Lipinski definition) is 10. The molecule has 0 aliphatic carbocycles. The van der Waals surface area contributed by atoms with Crippen LogP contribution in [0.25, 0.3) is 0 Å². The second kappa shape index (κ2) is 7.28. The highest BCUT2D eigenvalue weighted by Gasteiger charge is 2.47. The number of nitrogens with zero attached hydrogens (tertiary/aromatic N) is 2. The molecule has 4 fully saturated rings. The zero-order chi connectivity index (χ0) is 20.0. The van der Waals surface area contributed by atoms with Gasteiger partial charge in [0.15, 0.2) is 12.2 Å². The Hall–Kier alpha value is -2.28. The van der Waals surface area contributed by atoms with Crippen LogP contribution in [0.2, 0.25) is 0 Å². The molecular formula is C16H20N2O10. The highest BCUT2D eigenvalue weighted by Crippen LogP contribution is 2.29. The number of aliphatic hydroxyl groups excluding tert-OH is 2. The third kappa shape index (κ3) is 3.43. The molecule has 28 heavy (non-hydrogen) atoms. The summed E-state index contributed by atoms with van der Waals surface area (Å²) in [4.78, 5) is 49.2. The molecule has 0 aromatic rings. The van der Waals surface area contributed by atoms with Crippen LogP contribution in [0.3, 0.4) is 0 Å². The fourth-order valence-electron chi connectivity index (χ4n) is 3.46. The summed E-state index contributed by atoms with van der Waals surface area (Å²) >= 11 is 0. The quantitative estimate of drug-likeness (QED) is 0.328. The summed E-state index contributed by atoms with van der Waals surface area (Å²) in [7, 11) is 0. The minimum atomic E-state index is -2.13. The van der Waals surface area contributed by atoms with Gasteiger partial charge in [0, 0.05) is 0 Å². The van der Waals surface area contributed by atoms with Gasteiger partial charge in [-0.25, -0.2) is 9.59 Å². The lowest BCUT2D eigenvalue weighted by Crippen LogP contribution is -2.48. The fraction of sp³-hybridized carbons (Fsp3) is 0.750. The van der Waals surface area contributed by atoms with Crippen molar-refractivity contribution in [3.8, 4) is 0 Å². The molecule has 12 heteroatoms. The Balaban J connectivity index is 1.16. The lowest BCUT2D eigenvalue weighted by Gasteiger charge is -2.31. The van der Waals surface area contributed by atoms with E-state index in [1.54, 1.807) is 0 Å². The predicted octanol–water partition coefficient (Wildman–Crippen LogP) is -3.29. The molecule has 2 N–H and O–H groups in total. The van der Waals surface area contributed by atoms with Crippen molar-refractivity contribution >= 4 is 23.8 Å². The summed E-state index contributed by atoms with van der Waals surface area (Å²) in [5, 5.41) is 19.6. The first-order chi connectivity index (χ1) is 13.3. The molecule has 154 valence electrons. The van der Waals surface area contributed by atoms with Crippen LogP contribution >= 0.6 is 0 Å². The molecule has 0 bridgehead atoms. The van der Waals surface area contributed by atoms with Gasteiger partial charge in [-0.05, 0) is 0 Å². The van der Waals surface area contributed by atoms with E-state index in [1.807, 2.05) is 0 Å². The van der Waals surface area contributed by atoms with Crippen molar-refractivity contribution in [2.75, 3.05) is 26.3 Å². The average Bonchev–Trinajstić information content (AvgIpc) is 3.19. The third-order valence-electron chi connectivity index (χ3n) is 5.14. The number of carbonyl (C=O) groups excluding carboxylic acids is 4. The number of ether oxygens (including phenoxy) is 4. The number of rotatable bonds is 7. The van der Waals surface area contributed by atoms with Crippen molar-refractivity contribution in [3.05, 3.63) is 0 Å². The summed E-state index contributed by atoms with van der Waals surface area (Å²) in [5.74, 6) is -2.50. The largest absolute Gasteiger partial charge is 0.461 e. The third-order valence-corrected chi connectivity index (χ3v) is 5.14. The van der Waals surface area contributed by atoms with Crippen LogP contribution in [-0.4, -0.2) is 107 Å². The molecule has 0 aromatic carbocycles. The number of β-lactam (4-membered cyclic amide) rings is 2. The molecule has 4 saturated heterocycles. The van der Waals surface area contributed by atoms with Crippen molar-refractivity contribution in [1.82, 2.24) is 9.80 Å². The van der Waals surface area contributed by atoms with Gasteiger partial charge < -0.3 is 39.0 Å². The van der Waals surface area contributed by atoms with Crippen LogP contribution in [0.15, 0.2) is 0 Å². The highest BCUT2D eigenvalue weighted by molar-refractivity contribution is 5.85. The summed E-state index contributed by atoms with van der Waals surface area (Å²) in [6, 6.07) is 0. The van der Waals surface area contributed by atoms with Gasteiger partial charge in [0.1, 0.15) is 37.9 Å². The lowest BCUT2D eigenvalue weighted by atomic mass is 10.2. The number of amides is 2. The molecule has 0 spiro atoms. The monoisotopic (exact) mass is 400 g/mol. The van der Waals surface area contributed by atoms with Gasteiger partial charge in [0.05, 0.1) is 25.9 Å². The molecule has 12 nitrogen and oxygen atoms in total. The summed E-state index contributed by atoms with van der Waals surface area (Å²) in [6.07, 6.45) is -5.34. The van der Waals surface area contributed by atoms with Gasteiger partial charge in [-0.1, -0.05) is 0 Å². The Morgan fingerprint density at radius 2 is 1.29 bits per heavy atom. The van der Waals surface area contributed by atoms with Gasteiger partial charge in [-0.2, -0.15) is 0 Å². The van der Waals surface area contributed by atoms with Crippen LogP contribution in [0.1, 0.15) is 12.8 Å². The Bertz CT molecular complexity index is 641. The Morgan fingerprint density at radius 1 is 0.893 bits per heavy atom. The van der Waals surface area contributed by atoms with Crippen molar-refractivity contribution in [3.63, 3.8) is 0 Å². The van der Waals surface area contributed by atoms with E-state index in [1.165, 1.54) is 9.80 Å². The SMILES string of the molecule is O=C(OCC1CN2C(=O)CC2O1)C(O)C(O)C(=O)OCC1CN2C(=O)CC2O1. The number of carbonyl (C=O) groups is 4. The van der Waals surface area contributed by atoms with Crippen LogP contribution in [0.4, 0.5) is 0 Å². The second-order valence-electron chi connectivity index (χ2n) is 7.08. The summed E-state index contributed by atoms with van der Waals surface area (Å²) in [6.45, 7) is 0.108. The topological polar surface area (TPSA) is 152 Å². The normalized spacial score (nSPS) is 32.8. The molecule has 4 aliphatic heterocycles. The maximum Gasteiger partial charge on any atom is 0.338 e. The van der Waals surface area contributed by atoms with Gasteiger partial charge in [-0.3, -0.25) is 9.59 Å². The van der Waals surface area contributed by atoms with Crippen LogP contribution in [0.5, 0.6) is 0 Å². The van der Waals surface area contributed by atoms with Crippen molar-refractivity contribution < 1.29 is 48.3 Å². The van der Waals surface area contributed by atoms with E-state index >= 15 is 0 Å². The molecule has 6 unspecified atom stereocenters. The molecule has 4 aliphatic rings. The first-order valence-corrected chi connectivity index (χ1v) is 8.92. The molecule has 2 amide bonds. The van der Waals surface area contributed by atoms with Gasteiger partial charge in [0.25, 0.3) is 0 Å². The van der Waals surface area contributed by atoms with Crippen molar-refractivity contribution in [1.29, 1.82) is 0 Å². The first-order valence-electron chi connectivity index (χ1n) is 8.92. The maximum absolute atomic E-state index is 11.8. The Morgan fingerprint density at radius 3 is 1.61 bits per heavy atom. The second-order valence-corrected chi connectivity index (χ2v) is 7.08. The molecular weight excluding hydrogens is 380 g/mol. The standard InChI is InChI=1S/C16H20N2O10/c19-9-1-11-17(9)3-7(27-11)5-25-15(23)13(21)14(22)16(24)26-6-8-4-18-10(20)2-12(18)28-8/h7-8,11-14,21-22H,1-6H2. The number of aliphatic hydroxyl groups is 2. The van der Waals surface area contributed by atoms with E-state index in [-0.39, 0.29) is 63.4 Å². The minimum absolute atomic E-state index is 0.0440. The van der Waals surface area contributed by atoms with E-state index in [0.29, 0.717) is 0 Å². The number of fused-ring (bicyclic) bond motifs is 2. The number of esters is 2. The molecule has 4 rings (SSSR count). The summed E-state index contributed by atoms with van der Waals surface area (Å²) in [5.41, 5.74) is 0. The molecule has 4 heterocycles. The summed E-state index contributed by atoms with van der Waals surface area (Å²) < 4.78 is 20.6. The average molecular weight is 400 g/mol. The van der Waals surface area contributed by atoms with E-state index in [4.69, 9.17) is 18.9 Å². The lowest BCUT2D eigenvalue weighted by molar-refractivity contribution is -0.177. The van der Waals surface area contributed by atoms with Gasteiger partial charge >= 0.3 is 11.9 Å². The van der Waals surface area contributed by atoms with Crippen LogP contribution in [0, 0.1) is 0 Å².